The molecule has 4 saturated carbocycles. The zero-order chi connectivity index (χ0) is 20.7. The van der Waals surface area contributed by atoms with Gasteiger partial charge in [-0.2, -0.15) is 0 Å². The summed E-state index contributed by atoms with van der Waals surface area (Å²) in [5, 5.41) is 12.2. The largest absolute Gasteiger partial charge is 0.345 e. The van der Waals surface area contributed by atoms with Gasteiger partial charge in [0.2, 0.25) is 5.91 Å². The minimum Gasteiger partial charge on any atom is -0.345 e. The predicted molar refractivity (Wildman–Crippen MR) is 113 cm³/mol. The van der Waals surface area contributed by atoms with Crippen LogP contribution < -0.4 is 10.8 Å². The van der Waals surface area contributed by atoms with Gasteiger partial charge in [0.1, 0.15) is 0 Å². The molecule has 2 amide bonds. The molecule has 0 aromatic heterocycles. The van der Waals surface area contributed by atoms with Crippen molar-refractivity contribution in [3.63, 3.8) is 0 Å². The Bertz CT molecular complexity index is 903. The quantitative estimate of drug-likeness (QED) is 0.516. The molecule has 4 aliphatic rings. The first kappa shape index (κ1) is 19.3. The van der Waals surface area contributed by atoms with Crippen molar-refractivity contribution in [2.45, 2.75) is 44.6 Å². The van der Waals surface area contributed by atoms with Gasteiger partial charge in [0.05, 0.1) is 6.04 Å². The molecule has 4 aliphatic carbocycles. The predicted octanol–water partition coefficient (Wildman–Crippen LogP) is 4.23. The van der Waals surface area contributed by atoms with E-state index in [4.69, 9.17) is 5.21 Å². The molecule has 4 fully saturated rings. The Morgan fingerprint density at radius 3 is 1.90 bits per heavy atom. The summed E-state index contributed by atoms with van der Waals surface area (Å²) in [6.45, 7) is 0. The van der Waals surface area contributed by atoms with Gasteiger partial charge < -0.3 is 5.32 Å². The maximum Gasteiger partial charge on any atom is 0.274 e. The van der Waals surface area contributed by atoms with Gasteiger partial charge in [0, 0.05) is 11.0 Å². The summed E-state index contributed by atoms with van der Waals surface area (Å²) >= 11 is 0. The lowest BCUT2D eigenvalue weighted by Crippen LogP contribution is -2.54. The number of hydrogen-bond acceptors (Lipinski definition) is 3. The van der Waals surface area contributed by atoms with Crippen molar-refractivity contribution in [3.05, 3.63) is 71.3 Å². The molecule has 2 aromatic carbocycles. The fourth-order valence-corrected chi connectivity index (χ4v) is 6.57. The van der Waals surface area contributed by atoms with E-state index >= 15 is 0 Å². The maximum atomic E-state index is 13.7. The van der Waals surface area contributed by atoms with Crippen LogP contribution in [-0.4, -0.2) is 17.0 Å². The molecule has 6 rings (SSSR count). The Kier molecular flexibility index (Phi) is 4.86. The molecule has 0 spiro atoms. The molecule has 0 radical (unpaired) electrons. The minimum atomic E-state index is -0.546. The lowest BCUT2D eigenvalue weighted by molar-refractivity contribution is -0.146. The number of amides is 2. The number of benzene rings is 2. The molecule has 0 saturated heterocycles. The number of nitrogens with one attached hydrogen (secondary N) is 2. The fourth-order valence-electron chi connectivity index (χ4n) is 6.57. The first-order valence-corrected chi connectivity index (χ1v) is 11.0. The smallest absolute Gasteiger partial charge is 0.274 e. The molecule has 2 aromatic rings. The summed E-state index contributed by atoms with van der Waals surface area (Å²) in [5.41, 5.74) is 3.77. The molecule has 0 unspecified atom stereocenters. The second kappa shape index (κ2) is 7.55. The third kappa shape index (κ3) is 3.41. The van der Waals surface area contributed by atoms with E-state index in [-0.39, 0.29) is 17.4 Å². The van der Waals surface area contributed by atoms with E-state index in [9.17, 15) is 9.59 Å². The third-order valence-electron chi connectivity index (χ3n) is 7.54. The summed E-state index contributed by atoms with van der Waals surface area (Å²) in [5.74, 6) is 1.79. The summed E-state index contributed by atoms with van der Waals surface area (Å²) in [6, 6.07) is 16.8. The van der Waals surface area contributed by atoms with Crippen LogP contribution in [0.15, 0.2) is 54.6 Å². The van der Waals surface area contributed by atoms with Crippen LogP contribution in [0.2, 0.25) is 0 Å². The van der Waals surface area contributed by atoms with Crippen molar-refractivity contribution >= 4 is 11.8 Å². The van der Waals surface area contributed by atoms with Crippen molar-refractivity contribution < 1.29 is 14.8 Å². The van der Waals surface area contributed by atoms with Crippen molar-refractivity contribution in [1.82, 2.24) is 10.8 Å². The van der Waals surface area contributed by atoms with Crippen molar-refractivity contribution in [3.8, 4) is 0 Å². The normalized spacial score (nSPS) is 30.0. The van der Waals surface area contributed by atoms with E-state index in [2.05, 4.69) is 5.32 Å². The molecule has 3 N–H and O–H groups in total. The number of carbonyl (C=O) groups excluding carboxylic acids is 2. The second-order valence-corrected chi connectivity index (χ2v) is 9.58. The Morgan fingerprint density at radius 1 is 0.833 bits per heavy atom. The van der Waals surface area contributed by atoms with Gasteiger partial charge in [0.25, 0.3) is 5.91 Å². The molecule has 156 valence electrons. The molecule has 0 aliphatic heterocycles. The molecule has 0 heterocycles. The van der Waals surface area contributed by atoms with E-state index in [1.165, 1.54) is 19.3 Å². The molecule has 1 atom stereocenters. The molecule has 5 heteroatoms. The van der Waals surface area contributed by atoms with Crippen LogP contribution in [0.25, 0.3) is 0 Å². The summed E-state index contributed by atoms with van der Waals surface area (Å²) in [6.07, 6.45) is 7.01. The van der Waals surface area contributed by atoms with Crippen LogP contribution in [0, 0.1) is 23.2 Å². The Labute approximate surface area is 176 Å². The summed E-state index contributed by atoms with van der Waals surface area (Å²) < 4.78 is 0. The van der Waals surface area contributed by atoms with E-state index in [0.717, 1.165) is 30.4 Å². The Balaban J connectivity index is 1.43. The average molecular weight is 405 g/mol. The second-order valence-electron chi connectivity index (χ2n) is 9.58. The Hall–Kier alpha value is -2.66. The Morgan fingerprint density at radius 2 is 1.37 bits per heavy atom. The highest BCUT2D eigenvalue weighted by molar-refractivity contribution is 5.93. The first-order valence-electron chi connectivity index (χ1n) is 11.0. The van der Waals surface area contributed by atoms with Crippen molar-refractivity contribution in [2.75, 3.05) is 0 Å². The van der Waals surface area contributed by atoms with Gasteiger partial charge in [-0.15, -0.1) is 0 Å². The standard InChI is InChI=1S/C25H28N2O3/c28-23(27-30)21-8-6-20(7-9-21)22(19-4-2-1-3-5-19)26-24(29)25-13-16-10-17(14-25)12-18(11-16)15-25/h1-9,16-18,22,30H,10-15H2,(H,26,29)(H,27,28)/t16?,17?,18?,22-,25?/m0/s1. The van der Waals surface area contributed by atoms with Crippen LogP contribution in [0.1, 0.15) is 66.1 Å². The monoisotopic (exact) mass is 404 g/mol. The SMILES string of the molecule is O=C(NO)c1ccc([C@@H](NC(=O)C23CC4CC(CC(C4)C2)C3)c2ccccc2)cc1. The van der Waals surface area contributed by atoms with E-state index < -0.39 is 5.91 Å². The van der Waals surface area contributed by atoms with E-state index in [1.807, 2.05) is 42.5 Å². The lowest BCUT2D eigenvalue weighted by atomic mass is 9.49. The van der Waals surface area contributed by atoms with Crippen molar-refractivity contribution in [2.24, 2.45) is 23.2 Å². The third-order valence-corrected chi connectivity index (χ3v) is 7.54. The van der Waals surface area contributed by atoms with Gasteiger partial charge in [-0.1, -0.05) is 42.5 Å². The van der Waals surface area contributed by atoms with E-state index in [1.54, 1.807) is 17.6 Å². The maximum absolute atomic E-state index is 13.7. The fraction of sp³-hybridized carbons (Fsp3) is 0.440. The average Bonchev–Trinajstić information content (AvgIpc) is 2.76. The van der Waals surface area contributed by atoms with Crippen LogP contribution >= 0.6 is 0 Å². The molecular formula is C25H28N2O3. The zero-order valence-corrected chi connectivity index (χ0v) is 17.0. The van der Waals surface area contributed by atoms with Crippen LogP contribution in [-0.2, 0) is 4.79 Å². The zero-order valence-electron chi connectivity index (χ0n) is 17.0. The number of hydrogen-bond donors (Lipinski definition) is 3. The van der Waals surface area contributed by atoms with Gasteiger partial charge in [-0.05, 0) is 79.5 Å². The molecular weight excluding hydrogens is 376 g/mol. The van der Waals surface area contributed by atoms with Crippen LogP contribution in [0.5, 0.6) is 0 Å². The van der Waals surface area contributed by atoms with Gasteiger partial charge in [0.15, 0.2) is 0 Å². The van der Waals surface area contributed by atoms with Crippen molar-refractivity contribution in [1.29, 1.82) is 0 Å². The van der Waals surface area contributed by atoms with Crippen LogP contribution in [0.4, 0.5) is 0 Å². The highest BCUT2D eigenvalue weighted by Crippen LogP contribution is 2.60. The molecule has 4 bridgehead atoms. The van der Waals surface area contributed by atoms with E-state index in [0.29, 0.717) is 23.3 Å². The van der Waals surface area contributed by atoms with Gasteiger partial charge in [-0.3, -0.25) is 14.8 Å². The summed E-state index contributed by atoms with van der Waals surface area (Å²) in [4.78, 5) is 25.3. The molecule has 30 heavy (non-hydrogen) atoms. The highest BCUT2D eigenvalue weighted by Gasteiger charge is 2.54. The highest BCUT2D eigenvalue weighted by atomic mass is 16.5. The number of hydroxylamine groups is 1. The van der Waals surface area contributed by atoms with Crippen LogP contribution in [0.3, 0.4) is 0 Å². The molecule has 5 nitrogen and oxygen atoms in total. The topological polar surface area (TPSA) is 78.4 Å². The number of rotatable bonds is 5. The van der Waals surface area contributed by atoms with Gasteiger partial charge >= 0.3 is 0 Å². The lowest BCUT2D eigenvalue weighted by Gasteiger charge is -2.55. The van der Waals surface area contributed by atoms with Gasteiger partial charge in [-0.25, -0.2) is 5.48 Å². The first-order chi connectivity index (χ1) is 14.6. The number of carbonyl (C=O) groups is 2. The minimum absolute atomic E-state index is 0.188. The summed E-state index contributed by atoms with van der Waals surface area (Å²) in [7, 11) is 0.